The van der Waals surface area contributed by atoms with Gasteiger partial charge in [0.25, 0.3) is 0 Å². The van der Waals surface area contributed by atoms with Crippen LogP contribution in [0, 0.1) is 17.3 Å². The number of hydrogen-bond acceptors (Lipinski definition) is 2. The Bertz CT molecular complexity index is 610. The second kappa shape index (κ2) is 5.24. The summed E-state index contributed by atoms with van der Waals surface area (Å²) in [7, 11) is 1.75. The topological polar surface area (TPSA) is 29.5 Å². The van der Waals surface area contributed by atoms with Crippen LogP contribution in [0.1, 0.15) is 69.4 Å². The maximum absolute atomic E-state index is 11.2. The molecule has 0 radical (unpaired) electrons. The minimum atomic E-state index is -0.428. The third-order valence-corrected chi connectivity index (χ3v) is 7.84. The molecule has 1 aromatic carbocycles. The molecule has 3 aliphatic carbocycles. The molecule has 0 aromatic heterocycles. The molecule has 0 bridgehead atoms. The van der Waals surface area contributed by atoms with Crippen molar-refractivity contribution >= 4 is 0 Å². The van der Waals surface area contributed by atoms with Gasteiger partial charge in [0.2, 0.25) is 0 Å². The number of methoxy groups -OCH3 is 1. The Morgan fingerprint density at radius 3 is 2.78 bits per heavy atom. The summed E-state index contributed by atoms with van der Waals surface area (Å²) in [5.74, 6) is 3.14. The largest absolute Gasteiger partial charge is 0.497 e. The van der Waals surface area contributed by atoms with Crippen molar-refractivity contribution in [3.05, 3.63) is 29.3 Å². The third kappa shape index (κ3) is 2.03. The van der Waals surface area contributed by atoms with Crippen LogP contribution in [0.3, 0.4) is 0 Å². The van der Waals surface area contributed by atoms with Gasteiger partial charge in [0.1, 0.15) is 5.75 Å². The molecule has 0 amide bonds. The summed E-state index contributed by atoms with van der Waals surface area (Å²) in [5, 5.41) is 11.2. The highest BCUT2D eigenvalue weighted by Crippen LogP contribution is 2.64. The van der Waals surface area contributed by atoms with Crippen molar-refractivity contribution in [2.75, 3.05) is 7.11 Å². The van der Waals surface area contributed by atoms with E-state index in [0.717, 1.165) is 24.5 Å². The number of hydrogen-bond donors (Lipinski definition) is 1. The van der Waals surface area contributed by atoms with Gasteiger partial charge in [0.15, 0.2) is 0 Å². The zero-order valence-corrected chi connectivity index (χ0v) is 14.8. The molecule has 0 spiro atoms. The first-order valence-electron chi connectivity index (χ1n) is 9.41. The van der Waals surface area contributed by atoms with Crippen molar-refractivity contribution < 1.29 is 9.84 Å². The summed E-state index contributed by atoms with van der Waals surface area (Å²) >= 11 is 0. The molecule has 126 valence electrons. The van der Waals surface area contributed by atoms with Crippen LogP contribution in [0.4, 0.5) is 0 Å². The van der Waals surface area contributed by atoms with Gasteiger partial charge in [0.05, 0.1) is 12.7 Å². The molecule has 2 nitrogen and oxygen atoms in total. The highest BCUT2D eigenvalue weighted by Gasteiger charge is 2.60. The van der Waals surface area contributed by atoms with Crippen LogP contribution in [-0.4, -0.2) is 17.8 Å². The average molecular weight is 314 g/mol. The van der Waals surface area contributed by atoms with Gasteiger partial charge in [-0.3, -0.25) is 0 Å². The maximum atomic E-state index is 11.2. The van der Waals surface area contributed by atoms with Crippen LogP contribution in [-0.2, 0) is 6.42 Å². The lowest BCUT2D eigenvalue weighted by molar-refractivity contribution is -0.104. The van der Waals surface area contributed by atoms with E-state index in [1.54, 1.807) is 12.7 Å². The fraction of sp³-hybridized carbons (Fsp3) is 0.714. The van der Waals surface area contributed by atoms with Crippen molar-refractivity contribution in [1.29, 1.82) is 0 Å². The third-order valence-electron chi connectivity index (χ3n) is 7.84. The van der Waals surface area contributed by atoms with Gasteiger partial charge < -0.3 is 9.84 Å². The van der Waals surface area contributed by atoms with Crippen molar-refractivity contribution in [2.24, 2.45) is 17.3 Å². The summed E-state index contributed by atoms with van der Waals surface area (Å²) in [6.07, 6.45) is 7.99. The molecule has 5 atom stereocenters. The summed E-state index contributed by atoms with van der Waals surface area (Å²) in [6.45, 7) is 4.55. The van der Waals surface area contributed by atoms with Gasteiger partial charge in [-0.15, -0.1) is 0 Å². The zero-order valence-electron chi connectivity index (χ0n) is 14.8. The van der Waals surface area contributed by atoms with Crippen LogP contribution < -0.4 is 4.74 Å². The lowest BCUT2D eigenvalue weighted by Crippen LogP contribution is -2.50. The molecule has 3 aliphatic rings. The van der Waals surface area contributed by atoms with Crippen molar-refractivity contribution in [1.82, 2.24) is 0 Å². The summed E-state index contributed by atoms with van der Waals surface area (Å²) < 4.78 is 5.41. The molecule has 0 aliphatic heterocycles. The van der Waals surface area contributed by atoms with E-state index < -0.39 is 5.60 Å². The molecule has 0 unspecified atom stereocenters. The maximum Gasteiger partial charge on any atom is 0.119 e. The van der Waals surface area contributed by atoms with Crippen molar-refractivity contribution in [3.63, 3.8) is 0 Å². The Morgan fingerprint density at radius 2 is 2.04 bits per heavy atom. The molecule has 2 saturated carbocycles. The second-order valence-corrected chi connectivity index (χ2v) is 8.36. The smallest absolute Gasteiger partial charge is 0.119 e. The molecule has 0 saturated heterocycles. The average Bonchev–Trinajstić information content (AvgIpc) is 2.86. The number of aliphatic hydroxyl groups is 1. The zero-order chi connectivity index (χ0) is 16.2. The van der Waals surface area contributed by atoms with Gasteiger partial charge in [-0.2, -0.15) is 0 Å². The van der Waals surface area contributed by atoms with E-state index in [1.807, 2.05) is 0 Å². The normalized spacial score (nSPS) is 41.8. The molecular formula is C21H30O2. The number of aryl methyl sites for hydroxylation is 1. The van der Waals surface area contributed by atoms with Crippen LogP contribution in [0.5, 0.6) is 5.75 Å². The minimum Gasteiger partial charge on any atom is -0.497 e. The van der Waals surface area contributed by atoms with E-state index >= 15 is 0 Å². The summed E-state index contributed by atoms with van der Waals surface area (Å²) in [4.78, 5) is 0. The lowest BCUT2D eigenvalue weighted by Gasteiger charge is -2.53. The molecule has 2 heteroatoms. The predicted octanol–water partition coefficient (Wildman–Crippen LogP) is 4.69. The lowest BCUT2D eigenvalue weighted by atomic mass is 9.53. The first-order valence-corrected chi connectivity index (χ1v) is 9.41. The first-order chi connectivity index (χ1) is 11.0. The van der Waals surface area contributed by atoms with E-state index in [9.17, 15) is 5.11 Å². The first kappa shape index (κ1) is 15.5. The van der Waals surface area contributed by atoms with Crippen LogP contribution in [0.15, 0.2) is 18.2 Å². The van der Waals surface area contributed by atoms with Gasteiger partial charge in [-0.25, -0.2) is 0 Å². The van der Waals surface area contributed by atoms with E-state index in [-0.39, 0.29) is 5.41 Å². The van der Waals surface area contributed by atoms with Crippen molar-refractivity contribution in [2.45, 2.75) is 70.3 Å². The van der Waals surface area contributed by atoms with Gasteiger partial charge in [0, 0.05) is 0 Å². The Labute approximate surface area is 140 Å². The summed E-state index contributed by atoms with van der Waals surface area (Å²) in [5.41, 5.74) is 2.77. The standard InChI is InChI=1S/C21H30O2/c1-4-21(22)12-10-19-18-7-5-14-13-15(23-3)6-8-16(14)17(18)9-11-20(19,21)2/h6,8,13,17-19,22H,4-5,7,9-12H2,1-3H3/t17-,18-,19-,20-,21-/m0/s1. The van der Waals surface area contributed by atoms with Gasteiger partial charge in [-0.1, -0.05) is 19.9 Å². The molecular weight excluding hydrogens is 284 g/mol. The molecule has 23 heavy (non-hydrogen) atoms. The predicted molar refractivity (Wildman–Crippen MR) is 92.9 cm³/mol. The monoisotopic (exact) mass is 314 g/mol. The number of rotatable bonds is 2. The molecule has 1 aromatic rings. The SMILES string of the molecule is CC[C@]1(O)CC[C@H]2[C@H]3CCc4cc(OC)ccc4[C@@H]3CC[C@@]21C. The van der Waals surface area contributed by atoms with E-state index in [2.05, 4.69) is 32.0 Å². The van der Waals surface area contributed by atoms with E-state index in [1.165, 1.54) is 37.7 Å². The van der Waals surface area contributed by atoms with E-state index in [4.69, 9.17) is 4.74 Å². The van der Waals surface area contributed by atoms with Crippen LogP contribution in [0.2, 0.25) is 0 Å². The highest BCUT2D eigenvalue weighted by molar-refractivity contribution is 5.40. The molecule has 4 rings (SSSR count). The van der Waals surface area contributed by atoms with Crippen LogP contribution in [0.25, 0.3) is 0 Å². The second-order valence-electron chi connectivity index (χ2n) is 8.36. The molecule has 2 fully saturated rings. The van der Waals surface area contributed by atoms with Crippen LogP contribution >= 0.6 is 0 Å². The fourth-order valence-electron chi connectivity index (χ4n) is 6.38. The Balaban J connectivity index is 1.68. The Morgan fingerprint density at radius 1 is 1.22 bits per heavy atom. The summed E-state index contributed by atoms with van der Waals surface area (Å²) in [6, 6.07) is 6.69. The molecule has 0 heterocycles. The molecule has 1 N–H and O–H groups in total. The van der Waals surface area contributed by atoms with E-state index in [0.29, 0.717) is 11.8 Å². The minimum absolute atomic E-state index is 0.132. The Kier molecular flexibility index (Phi) is 3.53. The highest BCUT2D eigenvalue weighted by atomic mass is 16.5. The van der Waals surface area contributed by atoms with Gasteiger partial charge >= 0.3 is 0 Å². The Hall–Kier alpha value is -1.02. The van der Waals surface area contributed by atoms with Gasteiger partial charge in [-0.05, 0) is 91.4 Å². The quantitative estimate of drug-likeness (QED) is 0.858. The van der Waals surface area contributed by atoms with Crippen molar-refractivity contribution in [3.8, 4) is 5.75 Å². The number of ether oxygens (including phenoxy) is 1. The number of benzene rings is 1. The number of fused-ring (bicyclic) bond motifs is 5. The fourth-order valence-corrected chi connectivity index (χ4v) is 6.38.